The van der Waals surface area contributed by atoms with Gasteiger partial charge in [0.1, 0.15) is 33.5 Å². The molecule has 6 aromatic heterocycles. The van der Waals surface area contributed by atoms with Crippen LogP contribution >= 0.6 is 0 Å². The van der Waals surface area contributed by atoms with Gasteiger partial charge in [-0.1, -0.05) is 133 Å². The smallest absolute Gasteiger partial charge is 0.159 e. The van der Waals surface area contributed by atoms with Crippen molar-refractivity contribution in [3.8, 4) is 22.5 Å². The first-order valence-corrected chi connectivity index (χ1v) is 22.3. The van der Waals surface area contributed by atoms with Crippen molar-refractivity contribution in [2.45, 2.75) is 0 Å². The second kappa shape index (κ2) is 12.4. The van der Waals surface area contributed by atoms with Crippen LogP contribution in [0, 0.1) is 0 Å². The molecule has 16 rings (SSSR count). The first kappa shape index (κ1) is 34.5. The van der Waals surface area contributed by atoms with Gasteiger partial charge in [-0.15, -0.1) is 0 Å². The Morgan fingerprint density at radius 2 is 0.500 bits per heavy atom. The molecule has 0 saturated heterocycles. The molecular weight excluding hydrogens is 813 g/mol. The maximum atomic E-state index is 6.89. The van der Waals surface area contributed by atoms with Gasteiger partial charge in [-0.05, 0) is 60.7 Å². The Kier molecular flexibility index (Phi) is 6.47. The fraction of sp³-hybridized carbons (Fsp3) is 0. The number of rotatable bonds is 3. The lowest BCUT2D eigenvalue weighted by atomic mass is 9.99. The van der Waals surface area contributed by atoms with Crippen molar-refractivity contribution in [1.82, 2.24) is 9.13 Å². The molecule has 0 amide bonds. The summed E-state index contributed by atoms with van der Waals surface area (Å²) in [5.74, 6) is 0. The van der Waals surface area contributed by atoms with Crippen molar-refractivity contribution >= 4 is 131 Å². The minimum absolute atomic E-state index is 0.805. The Bertz CT molecular complexity index is 4360. The summed E-state index contributed by atoms with van der Waals surface area (Å²) >= 11 is 0. The number of nitrogens with zero attached hydrogens (tertiary/aromatic N) is 2. The molecule has 66 heavy (non-hydrogen) atoms. The Labute approximate surface area is 373 Å². The van der Waals surface area contributed by atoms with Crippen LogP contribution in [-0.4, -0.2) is 9.13 Å². The molecule has 0 aliphatic rings. The summed E-state index contributed by atoms with van der Waals surface area (Å²) in [7, 11) is 0. The Hall–Kier alpha value is -9.00. The maximum Gasteiger partial charge on any atom is 0.159 e. The van der Waals surface area contributed by atoms with E-state index < -0.39 is 0 Å². The molecule has 6 nitrogen and oxygen atoms in total. The van der Waals surface area contributed by atoms with E-state index in [1.54, 1.807) is 0 Å². The zero-order valence-electron chi connectivity index (χ0n) is 35.0. The molecule has 0 N–H and O–H groups in total. The number of para-hydroxylation sites is 8. The van der Waals surface area contributed by atoms with E-state index in [0.29, 0.717) is 0 Å². The van der Waals surface area contributed by atoms with E-state index in [4.69, 9.17) is 17.7 Å². The zero-order chi connectivity index (χ0) is 42.8. The number of hydrogen-bond acceptors (Lipinski definition) is 4. The minimum Gasteiger partial charge on any atom is -0.455 e. The van der Waals surface area contributed by atoms with E-state index in [-0.39, 0.29) is 0 Å². The minimum atomic E-state index is 0.805. The lowest BCUT2D eigenvalue weighted by Gasteiger charge is -2.08. The van der Waals surface area contributed by atoms with Crippen LogP contribution < -0.4 is 0 Å². The van der Waals surface area contributed by atoms with Crippen LogP contribution in [0.25, 0.3) is 154 Å². The van der Waals surface area contributed by atoms with E-state index in [0.717, 1.165) is 132 Å². The summed E-state index contributed by atoms with van der Waals surface area (Å²) in [5, 5.41) is 13.0. The second-order valence-corrected chi connectivity index (χ2v) is 17.5. The van der Waals surface area contributed by atoms with Gasteiger partial charge in [-0.2, -0.15) is 0 Å². The van der Waals surface area contributed by atoms with Gasteiger partial charge in [-0.25, -0.2) is 0 Å². The number of hydrogen-bond donors (Lipinski definition) is 0. The molecule has 0 unspecified atom stereocenters. The van der Waals surface area contributed by atoms with Crippen LogP contribution in [-0.2, 0) is 0 Å². The molecule has 16 aromatic rings. The van der Waals surface area contributed by atoms with Crippen LogP contribution in [0.5, 0.6) is 0 Å². The van der Waals surface area contributed by atoms with Crippen LogP contribution in [0.4, 0.5) is 0 Å². The molecule has 0 aliphatic heterocycles. The molecule has 10 aromatic carbocycles. The van der Waals surface area contributed by atoms with E-state index in [2.05, 4.69) is 203 Å². The largest absolute Gasteiger partial charge is 0.455 e. The highest BCUT2D eigenvalue weighted by Crippen LogP contribution is 2.46. The number of aromatic nitrogens is 2. The average molecular weight is 845 g/mol. The molecule has 0 fully saturated rings. The van der Waals surface area contributed by atoms with Crippen molar-refractivity contribution in [1.29, 1.82) is 0 Å². The third kappa shape index (κ3) is 4.40. The third-order valence-electron chi connectivity index (χ3n) is 14.1. The Morgan fingerprint density at radius 3 is 0.848 bits per heavy atom. The standard InChI is InChI=1S/C60H32N2O4/c1-5-23-47-33(13-1)34-14-2-6-24-48(34)61(47)51-27-11-21-41-45-31-53-43(29-55(45)65-59(41)51)39-19-9-17-37(57(39)63-53)38-18-10-20-40-44-30-56-46(32-54(44)64-58(38)40)42-22-12-28-52(60(42)66-56)62-49-25-7-3-15-35(49)36-16-4-8-26-50(36)62/h1-32H. The van der Waals surface area contributed by atoms with E-state index in [1.165, 1.54) is 21.5 Å². The molecule has 306 valence electrons. The summed E-state index contributed by atoms with van der Waals surface area (Å²) in [6, 6.07) is 68.4. The molecule has 0 aliphatic carbocycles. The van der Waals surface area contributed by atoms with Gasteiger partial charge in [0, 0.05) is 75.8 Å². The summed E-state index contributed by atoms with van der Waals surface area (Å²) in [6.45, 7) is 0. The first-order valence-electron chi connectivity index (χ1n) is 22.3. The van der Waals surface area contributed by atoms with Crippen molar-refractivity contribution in [3.05, 3.63) is 194 Å². The van der Waals surface area contributed by atoms with Crippen molar-refractivity contribution in [2.75, 3.05) is 0 Å². The highest BCUT2D eigenvalue weighted by Gasteiger charge is 2.23. The van der Waals surface area contributed by atoms with Gasteiger partial charge in [0.2, 0.25) is 0 Å². The van der Waals surface area contributed by atoms with Crippen LogP contribution in [0.3, 0.4) is 0 Å². The molecular formula is C60H32N2O4. The Morgan fingerprint density at radius 1 is 0.227 bits per heavy atom. The van der Waals surface area contributed by atoms with E-state index >= 15 is 0 Å². The Balaban J connectivity index is 0.852. The van der Waals surface area contributed by atoms with Crippen molar-refractivity contribution < 1.29 is 17.7 Å². The first-order chi connectivity index (χ1) is 32.7. The molecule has 0 saturated carbocycles. The van der Waals surface area contributed by atoms with Gasteiger partial charge < -0.3 is 26.8 Å². The third-order valence-corrected chi connectivity index (χ3v) is 14.1. The lowest BCUT2D eigenvalue weighted by Crippen LogP contribution is -1.93. The lowest BCUT2D eigenvalue weighted by molar-refractivity contribution is 0.661. The monoisotopic (exact) mass is 844 g/mol. The van der Waals surface area contributed by atoms with Crippen LogP contribution in [0.15, 0.2) is 212 Å². The van der Waals surface area contributed by atoms with Crippen LogP contribution in [0.2, 0.25) is 0 Å². The van der Waals surface area contributed by atoms with Gasteiger partial charge in [-0.3, -0.25) is 0 Å². The molecule has 6 heteroatoms. The number of furan rings is 4. The van der Waals surface area contributed by atoms with Gasteiger partial charge >= 0.3 is 0 Å². The van der Waals surface area contributed by atoms with Crippen molar-refractivity contribution in [3.63, 3.8) is 0 Å². The fourth-order valence-corrected chi connectivity index (χ4v) is 11.3. The molecule has 0 spiro atoms. The zero-order valence-corrected chi connectivity index (χ0v) is 35.0. The van der Waals surface area contributed by atoms with Crippen molar-refractivity contribution in [2.24, 2.45) is 0 Å². The average Bonchev–Trinajstić information content (AvgIpc) is 4.22. The van der Waals surface area contributed by atoms with Gasteiger partial charge in [0.05, 0.1) is 33.4 Å². The SMILES string of the molecule is c1cc(-c2cccc3c2oc2cc4c(cc23)oc2c(-n3c5ccccc5c5ccccc53)cccc24)c2oc3cc4c(cc3c2c1)oc1c(-n2c3ccccc3c3ccccc32)cccc14. The van der Waals surface area contributed by atoms with E-state index in [1.807, 2.05) is 0 Å². The molecule has 0 bridgehead atoms. The van der Waals surface area contributed by atoms with Gasteiger partial charge in [0.15, 0.2) is 11.2 Å². The summed E-state index contributed by atoms with van der Waals surface area (Å²) < 4.78 is 32.2. The topological polar surface area (TPSA) is 62.4 Å². The predicted octanol–water partition coefficient (Wildman–Crippen LogP) is 17.1. The summed E-state index contributed by atoms with van der Waals surface area (Å²) in [5.41, 5.74) is 15.1. The quantitative estimate of drug-likeness (QED) is 0.178. The number of benzene rings is 10. The van der Waals surface area contributed by atoms with Crippen LogP contribution in [0.1, 0.15) is 0 Å². The van der Waals surface area contributed by atoms with E-state index in [9.17, 15) is 0 Å². The molecule has 6 heterocycles. The molecule has 0 radical (unpaired) electrons. The molecule has 0 atom stereocenters. The van der Waals surface area contributed by atoms with Gasteiger partial charge in [0.25, 0.3) is 0 Å². The number of fused-ring (bicyclic) bond motifs is 18. The fourth-order valence-electron chi connectivity index (χ4n) is 11.3. The normalized spacial score (nSPS) is 12.5. The second-order valence-electron chi connectivity index (χ2n) is 17.5. The predicted molar refractivity (Wildman–Crippen MR) is 270 cm³/mol. The summed E-state index contributed by atoms with van der Waals surface area (Å²) in [4.78, 5) is 0. The maximum absolute atomic E-state index is 6.89. The highest BCUT2D eigenvalue weighted by molar-refractivity contribution is 6.21. The summed E-state index contributed by atoms with van der Waals surface area (Å²) in [6.07, 6.45) is 0. The highest BCUT2D eigenvalue weighted by atomic mass is 16.3.